The largest absolute Gasteiger partial charge is 0.494 e. The molecule has 1 aliphatic heterocycles. The minimum atomic E-state index is -0.404. The van der Waals surface area contributed by atoms with Crippen LogP contribution in [0.4, 0.5) is 15.8 Å². The number of piperidine rings is 1. The number of ether oxygens (including phenoxy) is 1. The van der Waals surface area contributed by atoms with Crippen LogP contribution in [0.5, 0.6) is 5.75 Å². The Morgan fingerprint density at radius 3 is 2.88 bits per heavy atom. The van der Waals surface area contributed by atoms with Gasteiger partial charge >= 0.3 is 0 Å². The first-order valence-electron chi connectivity index (χ1n) is 5.99. The van der Waals surface area contributed by atoms with Gasteiger partial charge in [-0.1, -0.05) is 6.92 Å². The third-order valence-corrected chi connectivity index (χ3v) is 3.30. The van der Waals surface area contributed by atoms with Crippen LogP contribution < -0.4 is 15.4 Å². The lowest BCUT2D eigenvalue weighted by atomic mass is 9.99. The Morgan fingerprint density at radius 2 is 2.24 bits per heavy atom. The summed E-state index contributed by atoms with van der Waals surface area (Å²) < 4.78 is 18.5. The van der Waals surface area contributed by atoms with E-state index in [9.17, 15) is 4.39 Å². The van der Waals surface area contributed by atoms with Crippen molar-refractivity contribution in [3.63, 3.8) is 0 Å². The van der Waals surface area contributed by atoms with Crippen molar-refractivity contribution in [2.24, 2.45) is 5.92 Å². The summed E-state index contributed by atoms with van der Waals surface area (Å²) in [4.78, 5) is 2.21. The third-order valence-electron chi connectivity index (χ3n) is 3.30. The Labute approximate surface area is 101 Å². The standard InChI is InChI=1S/C13H19FN2O/c1-9-4-3-5-16(8-9)12-7-13(17-2)10(14)6-11(12)15/h6-7,9H,3-5,8,15H2,1-2H3. The summed E-state index contributed by atoms with van der Waals surface area (Å²) in [6, 6.07) is 3.04. The second kappa shape index (κ2) is 4.82. The number of hydrogen-bond donors (Lipinski definition) is 1. The Kier molecular flexibility index (Phi) is 3.41. The van der Waals surface area contributed by atoms with Crippen molar-refractivity contribution in [2.75, 3.05) is 30.8 Å². The molecule has 17 heavy (non-hydrogen) atoms. The van der Waals surface area contributed by atoms with Crippen LogP contribution in [0.15, 0.2) is 12.1 Å². The second-order valence-electron chi connectivity index (χ2n) is 4.74. The molecule has 2 rings (SSSR count). The Morgan fingerprint density at radius 1 is 1.47 bits per heavy atom. The summed E-state index contributed by atoms with van der Waals surface area (Å²) in [5.74, 6) is 0.505. The number of benzene rings is 1. The van der Waals surface area contributed by atoms with E-state index in [0.29, 0.717) is 11.6 Å². The number of nitrogens with two attached hydrogens (primary N) is 1. The van der Waals surface area contributed by atoms with Crippen molar-refractivity contribution in [1.82, 2.24) is 0 Å². The van der Waals surface area contributed by atoms with Gasteiger partial charge in [-0.3, -0.25) is 0 Å². The zero-order chi connectivity index (χ0) is 12.4. The monoisotopic (exact) mass is 238 g/mol. The Hall–Kier alpha value is -1.45. The van der Waals surface area contributed by atoms with Crippen LogP contribution in [0.25, 0.3) is 0 Å². The van der Waals surface area contributed by atoms with Gasteiger partial charge in [0.15, 0.2) is 11.6 Å². The summed E-state index contributed by atoms with van der Waals surface area (Å²) >= 11 is 0. The van der Waals surface area contributed by atoms with E-state index in [2.05, 4.69) is 11.8 Å². The normalized spacial score (nSPS) is 20.4. The summed E-state index contributed by atoms with van der Waals surface area (Å²) in [5, 5.41) is 0. The van der Waals surface area contributed by atoms with Crippen molar-refractivity contribution in [1.29, 1.82) is 0 Å². The number of nitrogen functional groups attached to an aromatic ring is 1. The molecule has 1 aliphatic rings. The van der Waals surface area contributed by atoms with Gasteiger partial charge in [0.25, 0.3) is 0 Å². The van der Waals surface area contributed by atoms with E-state index in [1.54, 1.807) is 6.07 Å². The minimum absolute atomic E-state index is 0.257. The maximum Gasteiger partial charge on any atom is 0.167 e. The van der Waals surface area contributed by atoms with Gasteiger partial charge < -0.3 is 15.4 Å². The first kappa shape index (κ1) is 12.0. The van der Waals surface area contributed by atoms with Crippen molar-refractivity contribution in [3.05, 3.63) is 17.9 Å². The predicted octanol–water partition coefficient (Wildman–Crippen LogP) is 2.65. The zero-order valence-corrected chi connectivity index (χ0v) is 10.4. The maximum absolute atomic E-state index is 13.5. The molecule has 0 spiro atoms. The summed E-state index contributed by atoms with van der Waals surface area (Å²) in [7, 11) is 1.47. The molecule has 0 amide bonds. The molecule has 3 nitrogen and oxygen atoms in total. The van der Waals surface area contributed by atoms with E-state index in [4.69, 9.17) is 10.5 Å². The van der Waals surface area contributed by atoms with E-state index in [1.807, 2.05) is 0 Å². The molecule has 1 heterocycles. The first-order valence-corrected chi connectivity index (χ1v) is 5.99. The molecule has 0 radical (unpaired) electrons. The van der Waals surface area contributed by atoms with Gasteiger partial charge in [0, 0.05) is 25.2 Å². The molecule has 0 aromatic heterocycles. The molecule has 0 saturated carbocycles. The number of halogens is 1. The summed E-state index contributed by atoms with van der Waals surface area (Å²) in [5.41, 5.74) is 7.25. The average Bonchev–Trinajstić information content (AvgIpc) is 2.29. The number of rotatable bonds is 2. The molecule has 1 aromatic carbocycles. The van der Waals surface area contributed by atoms with Crippen molar-refractivity contribution in [3.8, 4) is 5.75 Å². The number of hydrogen-bond acceptors (Lipinski definition) is 3. The van der Waals surface area contributed by atoms with Gasteiger partial charge in [0.05, 0.1) is 18.5 Å². The number of methoxy groups -OCH3 is 1. The molecular weight excluding hydrogens is 219 g/mol. The lowest BCUT2D eigenvalue weighted by Crippen LogP contribution is -2.34. The Balaban J connectivity index is 2.30. The van der Waals surface area contributed by atoms with Gasteiger partial charge in [-0.2, -0.15) is 0 Å². The SMILES string of the molecule is COc1cc(N2CCCC(C)C2)c(N)cc1F. The highest BCUT2D eigenvalue weighted by Crippen LogP contribution is 2.33. The highest BCUT2D eigenvalue weighted by atomic mass is 19.1. The zero-order valence-electron chi connectivity index (χ0n) is 10.4. The van der Waals surface area contributed by atoms with Crippen molar-refractivity contribution < 1.29 is 9.13 Å². The molecule has 4 heteroatoms. The Bertz CT molecular complexity index is 409. The molecule has 1 fully saturated rings. The lowest BCUT2D eigenvalue weighted by Gasteiger charge is -2.33. The van der Waals surface area contributed by atoms with Crippen LogP contribution in [0, 0.1) is 11.7 Å². The van der Waals surface area contributed by atoms with Crippen molar-refractivity contribution in [2.45, 2.75) is 19.8 Å². The second-order valence-corrected chi connectivity index (χ2v) is 4.74. The predicted molar refractivity (Wildman–Crippen MR) is 68.0 cm³/mol. The minimum Gasteiger partial charge on any atom is -0.494 e. The molecule has 0 bridgehead atoms. The van der Waals surface area contributed by atoms with Crippen LogP contribution in [-0.2, 0) is 0 Å². The molecule has 2 N–H and O–H groups in total. The fraction of sp³-hybridized carbons (Fsp3) is 0.538. The van der Waals surface area contributed by atoms with Crippen LogP contribution in [0.2, 0.25) is 0 Å². The number of nitrogens with zero attached hydrogens (tertiary/aromatic N) is 1. The quantitative estimate of drug-likeness (QED) is 0.805. The fourth-order valence-electron chi connectivity index (χ4n) is 2.40. The van der Waals surface area contributed by atoms with Crippen LogP contribution >= 0.6 is 0 Å². The van der Waals surface area contributed by atoms with E-state index in [0.717, 1.165) is 25.2 Å². The van der Waals surface area contributed by atoms with Gasteiger partial charge in [-0.25, -0.2) is 4.39 Å². The third kappa shape index (κ3) is 2.46. The molecule has 0 aliphatic carbocycles. The van der Waals surface area contributed by atoms with Crippen LogP contribution in [0.3, 0.4) is 0 Å². The molecular formula is C13H19FN2O. The molecule has 1 unspecified atom stereocenters. The van der Waals surface area contributed by atoms with Gasteiger partial charge in [-0.15, -0.1) is 0 Å². The fourth-order valence-corrected chi connectivity index (χ4v) is 2.40. The molecule has 1 aromatic rings. The lowest BCUT2D eigenvalue weighted by molar-refractivity contribution is 0.386. The van der Waals surface area contributed by atoms with Crippen LogP contribution in [-0.4, -0.2) is 20.2 Å². The molecule has 1 atom stereocenters. The summed E-state index contributed by atoms with van der Waals surface area (Å²) in [6.07, 6.45) is 2.40. The smallest absolute Gasteiger partial charge is 0.167 e. The van der Waals surface area contributed by atoms with Crippen LogP contribution in [0.1, 0.15) is 19.8 Å². The summed E-state index contributed by atoms with van der Waals surface area (Å²) in [6.45, 7) is 4.17. The molecule has 94 valence electrons. The average molecular weight is 238 g/mol. The topological polar surface area (TPSA) is 38.5 Å². The highest BCUT2D eigenvalue weighted by molar-refractivity contribution is 5.70. The van der Waals surface area contributed by atoms with Gasteiger partial charge in [0.2, 0.25) is 0 Å². The van der Waals surface area contributed by atoms with Gasteiger partial charge in [0.1, 0.15) is 0 Å². The van der Waals surface area contributed by atoms with Crippen molar-refractivity contribution >= 4 is 11.4 Å². The van der Waals surface area contributed by atoms with E-state index in [-0.39, 0.29) is 5.75 Å². The first-order chi connectivity index (χ1) is 8.11. The van der Waals surface area contributed by atoms with E-state index in [1.165, 1.54) is 19.6 Å². The molecule has 1 saturated heterocycles. The highest BCUT2D eigenvalue weighted by Gasteiger charge is 2.20. The van der Waals surface area contributed by atoms with Gasteiger partial charge in [-0.05, 0) is 18.8 Å². The maximum atomic E-state index is 13.5. The number of anilines is 2. The van der Waals surface area contributed by atoms with E-state index >= 15 is 0 Å². The van der Waals surface area contributed by atoms with E-state index < -0.39 is 5.82 Å².